The molecule has 4 rings (SSSR count). The Labute approximate surface area is 177 Å². The number of nitrogens with zero attached hydrogens (tertiary/aromatic N) is 3. The zero-order valence-electron chi connectivity index (χ0n) is 15.2. The van der Waals surface area contributed by atoms with Crippen molar-refractivity contribution in [3.63, 3.8) is 0 Å². The van der Waals surface area contributed by atoms with Gasteiger partial charge in [0.2, 0.25) is 15.0 Å². The lowest BCUT2D eigenvalue weighted by Gasteiger charge is -2.22. The van der Waals surface area contributed by atoms with Crippen LogP contribution >= 0.6 is 22.9 Å². The summed E-state index contributed by atoms with van der Waals surface area (Å²) < 4.78 is 27.5. The molecular weight excluding hydrogens is 432 g/mol. The zero-order chi connectivity index (χ0) is 20.4. The summed E-state index contributed by atoms with van der Waals surface area (Å²) in [5.74, 6) is -0.411. The van der Waals surface area contributed by atoms with Crippen LogP contribution in [-0.4, -0.2) is 35.4 Å². The number of carbonyl (C=O) groups is 1. The highest BCUT2D eigenvalue weighted by molar-refractivity contribution is 7.89. The van der Waals surface area contributed by atoms with Crippen molar-refractivity contribution in [2.24, 2.45) is 0 Å². The first kappa shape index (κ1) is 20.0. The third kappa shape index (κ3) is 4.18. The Kier molecular flexibility index (Phi) is 5.64. The molecule has 2 aromatic carbocycles. The summed E-state index contributed by atoms with van der Waals surface area (Å²) in [5.41, 5.74) is 0.549. The van der Waals surface area contributed by atoms with Crippen LogP contribution in [0, 0.1) is 0 Å². The summed E-state index contributed by atoms with van der Waals surface area (Å²) in [6, 6.07) is 14.7. The molecule has 7 nitrogen and oxygen atoms in total. The van der Waals surface area contributed by atoms with Gasteiger partial charge in [0.05, 0.1) is 10.9 Å². The molecule has 29 heavy (non-hydrogen) atoms. The van der Waals surface area contributed by atoms with E-state index >= 15 is 0 Å². The van der Waals surface area contributed by atoms with Gasteiger partial charge >= 0.3 is 0 Å². The molecule has 1 atom stereocenters. The van der Waals surface area contributed by atoms with E-state index in [1.165, 1.54) is 4.31 Å². The number of carbonyl (C=O) groups excluding carboxylic acids is 1. The maximum atomic E-state index is 13.0. The third-order valence-electron chi connectivity index (χ3n) is 4.56. The van der Waals surface area contributed by atoms with Crippen LogP contribution in [0.1, 0.15) is 33.7 Å². The van der Waals surface area contributed by atoms with E-state index < -0.39 is 22.0 Å². The molecule has 1 aromatic heterocycles. The Morgan fingerprint density at radius 3 is 2.69 bits per heavy atom. The fourth-order valence-corrected chi connectivity index (χ4v) is 6.04. The Morgan fingerprint density at radius 2 is 1.93 bits per heavy atom. The van der Waals surface area contributed by atoms with Crippen LogP contribution in [0.3, 0.4) is 0 Å². The number of benzene rings is 2. The van der Waals surface area contributed by atoms with Crippen molar-refractivity contribution in [2.75, 3.05) is 11.9 Å². The monoisotopic (exact) mass is 448 g/mol. The fourth-order valence-electron chi connectivity index (χ4n) is 3.21. The molecule has 1 aliphatic rings. The molecule has 150 valence electrons. The van der Waals surface area contributed by atoms with Gasteiger partial charge in [-0.1, -0.05) is 47.2 Å². The number of nitrogens with one attached hydrogen (secondary N) is 1. The second kappa shape index (κ2) is 8.19. The van der Waals surface area contributed by atoms with Crippen molar-refractivity contribution in [3.05, 3.63) is 69.6 Å². The summed E-state index contributed by atoms with van der Waals surface area (Å²) in [7, 11) is -3.64. The van der Waals surface area contributed by atoms with Crippen molar-refractivity contribution >= 4 is 44.6 Å². The van der Waals surface area contributed by atoms with Crippen LogP contribution in [0.4, 0.5) is 5.69 Å². The minimum absolute atomic E-state index is 0.170. The molecule has 10 heteroatoms. The molecule has 0 bridgehead atoms. The highest BCUT2D eigenvalue weighted by Gasteiger charge is 2.38. The first-order chi connectivity index (χ1) is 13.9. The lowest BCUT2D eigenvalue weighted by Crippen LogP contribution is -2.30. The summed E-state index contributed by atoms with van der Waals surface area (Å²) in [5, 5.41) is 12.0. The molecule has 3 aromatic rings. The van der Waals surface area contributed by atoms with E-state index in [-0.39, 0.29) is 9.90 Å². The number of rotatable bonds is 5. The Hall–Kier alpha value is -2.33. The second-order valence-electron chi connectivity index (χ2n) is 6.50. The van der Waals surface area contributed by atoms with Gasteiger partial charge in [0.25, 0.3) is 5.91 Å². The van der Waals surface area contributed by atoms with Gasteiger partial charge in [-0.3, -0.25) is 4.79 Å². The van der Waals surface area contributed by atoms with E-state index in [2.05, 4.69) is 15.5 Å². The van der Waals surface area contributed by atoms with Gasteiger partial charge in [0.15, 0.2) is 0 Å². The number of halogens is 1. The van der Waals surface area contributed by atoms with E-state index in [9.17, 15) is 13.2 Å². The van der Waals surface area contributed by atoms with Crippen LogP contribution in [0.2, 0.25) is 5.02 Å². The van der Waals surface area contributed by atoms with Crippen LogP contribution in [0.25, 0.3) is 0 Å². The van der Waals surface area contributed by atoms with Crippen LogP contribution < -0.4 is 5.32 Å². The minimum Gasteiger partial charge on any atom is -0.320 e. The van der Waals surface area contributed by atoms with Gasteiger partial charge < -0.3 is 5.32 Å². The van der Waals surface area contributed by atoms with Crippen molar-refractivity contribution in [3.8, 4) is 0 Å². The Morgan fingerprint density at radius 1 is 1.14 bits per heavy atom. The van der Waals surface area contributed by atoms with Gasteiger partial charge in [0, 0.05) is 17.3 Å². The normalized spacial score (nSPS) is 17.3. The molecule has 0 spiro atoms. The molecule has 2 heterocycles. The first-order valence-corrected chi connectivity index (χ1v) is 11.6. The van der Waals surface area contributed by atoms with Crippen LogP contribution in [0.15, 0.2) is 59.5 Å². The van der Waals surface area contributed by atoms with Crippen molar-refractivity contribution < 1.29 is 13.2 Å². The fraction of sp³-hybridized carbons (Fsp3) is 0.211. The highest BCUT2D eigenvalue weighted by atomic mass is 35.5. The van der Waals surface area contributed by atoms with E-state index in [1.807, 2.05) is 0 Å². The van der Waals surface area contributed by atoms with Crippen molar-refractivity contribution in [2.45, 2.75) is 23.8 Å². The van der Waals surface area contributed by atoms with Crippen LogP contribution in [0.5, 0.6) is 0 Å². The second-order valence-corrected chi connectivity index (χ2v) is 9.83. The number of hydrogen-bond donors (Lipinski definition) is 1. The molecule has 1 aliphatic heterocycles. The molecule has 0 unspecified atom stereocenters. The Bertz CT molecular complexity index is 1140. The number of sulfonamides is 1. The predicted molar refractivity (Wildman–Crippen MR) is 112 cm³/mol. The lowest BCUT2D eigenvalue weighted by atomic mass is 10.2. The first-order valence-electron chi connectivity index (χ1n) is 8.92. The average molecular weight is 449 g/mol. The number of anilines is 1. The van der Waals surface area contributed by atoms with E-state index in [4.69, 9.17) is 11.6 Å². The third-order valence-corrected chi connectivity index (χ3v) is 7.74. The molecule has 0 saturated carbocycles. The zero-order valence-corrected chi connectivity index (χ0v) is 17.5. The van der Waals surface area contributed by atoms with E-state index in [1.54, 1.807) is 54.6 Å². The predicted octanol–water partition coefficient (Wildman–Crippen LogP) is 3.97. The largest absolute Gasteiger partial charge is 0.320 e. The summed E-state index contributed by atoms with van der Waals surface area (Å²) >= 11 is 7.04. The highest BCUT2D eigenvalue weighted by Crippen LogP contribution is 2.37. The summed E-state index contributed by atoms with van der Waals surface area (Å²) in [6.45, 7) is 0.408. The quantitative estimate of drug-likeness (QED) is 0.637. The number of amides is 1. The molecule has 1 amide bonds. The van der Waals surface area contributed by atoms with Gasteiger partial charge in [-0.05, 0) is 43.2 Å². The molecule has 0 radical (unpaired) electrons. The SMILES string of the molecule is O=C(Nc1cccc(Cl)c1)c1nnc([C@@H]2CCCN2S(=O)(=O)c2ccccc2)s1. The van der Waals surface area contributed by atoms with E-state index in [0.717, 1.165) is 17.8 Å². The molecule has 1 fully saturated rings. The standard InChI is InChI=1S/C19H17ClN4O3S2/c20-13-6-4-7-14(12-13)21-17(25)19-23-22-18(28-19)16-10-5-11-24(16)29(26,27)15-8-2-1-3-9-15/h1-4,6-9,12,16H,5,10-11H2,(H,21,25)/t16-/m0/s1. The topological polar surface area (TPSA) is 92.3 Å². The van der Waals surface area contributed by atoms with Gasteiger partial charge in [-0.25, -0.2) is 8.42 Å². The van der Waals surface area contributed by atoms with Crippen LogP contribution in [-0.2, 0) is 10.0 Å². The average Bonchev–Trinajstić information content (AvgIpc) is 3.38. The lowest BCUT2D eigenvalue weighted by molar-refractivity contribution is 0.102. The summed E-state index contributed by atoms with van der Waals surface area (Å²) in [6.07, 6.45) is 1.36. The molecule has 0 aliphatic carbocycles. The molecular formula is C19H17ClN4O3S2. The van der Waals surface area contributed by atoms with Crippen molar-refractivity contribution in [1.29, 1.82) is 0 Å². The number of hydrogen-bond acceptors (Lipinski definition) is 6. The van der Waals surface area contributed by atoms with Gasteiger partial charge in [-0.15, -0.1) is 10.2 Å². The van der Waals surface area contributed by atoms with Crippen molar-refractivity contribution in [1.82, 2.24) is 14.5 Å². The maximum Gasteiger partial charge on any atom is 0.286 e. The van der Waals surface area contributed by atoms with Gasteiger partial charge in [-0.2, -0.15) is 4.31 Å². The molecule has 1 N–H and O–H groups in total. The molecule has 1 saturated heterocycles. The Balaban J connectivity index is 1.55. The summed E-state index contributed by atoms with van der Waals surface area (Å²) in [4.78, 5) is 12.7. The maximum absolute atomic E-state index is 13.0. The van der Waals surface area contributed by atoms with Gasteiger partial charge in [0.1, 0.15) is 5.01 Å². The minimum atomic E-state index is -3.64. The smallest absolute Gasteiger partial charge is 0.286 e. The van der Waals surface area contributed by atoms with E-state index in [0.29, 0.717) is 28.7 Å². The number of aromatic nitrogens is 2.